The molecule has 6 heterocycles. The zero-order valence-electron chi connectivity index (χ0n) is 55.4. The molecule has 0 spiro atoms. The van der Waals surface area contributed by atoms with E-state index in [1.54, 1.807) is 0 Å². The molecule has 6 aliphatic heterocycles. The molecule has 0 aromatic carbocycles. The second-order valence-electron chi connectivity index (χ2n) is 31.4. The summed E-state index contributed by atoms with van der Waals surface area (Å²) in [5, 5.41) is 184. The van der Waals surface area contributed by atoms with E-state index in [2.05, 4.69) is 54.5 Å². The van der Waals surface area contributed by atoms with Crippen molar-refractivity contribution in [3.8, 4) is 0 Å². The van der Waals surface area contributed by atoms with E-state index in [-0.39, 0.29) is 46.0 Å². The smallest absolute Gasteiger partial charge is 0.315 e. The third kappa shape index (κ3) is 12.9. The van der Waals surface area contributed by atoms with Crippen LogP contribution in [0.15, 0.2) is 11.6 Å². The molecule has 11 aliphatic rings. The number of fused-ring (bicyclic) bond motifs is 7. The summed E-state index contributed by atoms with van der Waals surface area (Å²) in [5.41, 5.74) is -1.37. The normalized spacial score (nSPS) is 54.6. The highest BCUT2D eigenvalue weighted by Gasteiger charge is 2.70. The van der Waals surface area contributed by atoms with Crippen LogP contribution in [0.3, 0.4) is 0 Å². The molecule has 0 aromatic rings. The van der Waals surface area contributed by atoms with Gasteiger partial charge in [0.2, 0.25) is 6.29 Å². The number of carbonyl (C=O) groups is 1. The summed E-state index contributed by atoms with van der Waals surface area (Å²) < 4.78 is 71.2. The maximum Gasteiger partial charge on any atom is 0.315 e. The Hall–Kier alpha value is -1.91. The van der Waals surface area contributed by atoms with Gasteiger partial charge in [-0.15, -0.1) is 0 Å². The van der Waals surface area contributed by atoms with E-state index in [9.17, 15) is 86.8 Å². The number of aliphatic hydroxyl groups is 17. The molecule has 0 aromatic heterocycles. The van der Waals surface area contributed by atoms with Crippen molar-refractivity contribution in [3.05, 3.63) is 11.6 Å². The van der Waals surface area contributed by atoms with Crippen molar-refractivity contribution in [3.63, 3.8) is 0 Å². The van der Waals surface area contributed by atoms with Crippen molar-refractivity contribution in [2.24, 2.45) is 50.2 Å². The molecule has 546 valence electrons. The molecule has 10 fully saturated rings. The van der Waals surface area contributed by atoms with Gasteiger partial charge >= 0.3 is 5.97 Å². The first-order valence-corrected chi connectivity index (χ1v) is 34.0. The van der Waals surface area contributed by atoms with Gasteiger partial charge in [0.25, 0.3) is 0 Å². The Labute approximate surface area is 551 Å². The highest BCUT2D eigenvalue weighted by Crippen LogP contribution is 2.76. The Morgan fingerprint density at radius 1 is 0.495 bits per heavy atom. The first-order chi connectivity index (χ1) is 44.5. The largest absolute Gasteiger partial charge is 0.432 e. The van der Waals surface area contributed by atoms with E-state index >= 15 is 4.79 Å². The monoisotopic (exact) mass is 1370 g/mol. The summed E-state index contributed by atoms with van der Waals surface area (Å²) in [6.45, 7) is 16.1. The number of ether oxygens (including phenoxy) is 12. The van der Waals surface area contributed by atoms with Crippen LogP contribution in [0.25, 0.3) is 0 Å². The van der Waals surface area contributed by atoms with Crippen LogP contribution >= 0.6 is 0 Å². The first-order valence-electron chi connectivity index (χ1n) is 34.0. The number of esters is 1. The van der Waals surface area contributed by atoms with Crippen LogP contribution in [-0.4, -0.2) is 303 Å². The predicted molar refractivity (Wildman–Crippen MR) is 319 cm³/mol. The minimum atomic E-state index is -1.90. The number of rotatable bonds is 15. The van der Waals surface area contributed by atoms with Gasteiger partial charge in [-0.1, -0.05) is 60.1 Å². The average molecular weight is 1370 g/mol. The molecule has 0 bridgehead atoms. The minimum Gasteiger partial charge on any atom is -0.432 e. The average Bonchev–Trinajstić information content (AvgIpc) is 0.676. The summed E-state index contributed by atoms with van der Waals surface area (Å²) in [6.07, 6.45) is -38.1. The molecule has 0 amide bonds. The van der Waals surface area contributed by atoms with Crippen LogP contribution in [0.5, 0.6) is 0 Å². The number of hydrogen-bond donors (Lipinski definition) is 17. The molecule has 95 heavy (non-hydrogen) atoms. The predicted octanol–water partition coefficient (Wildman–Crippen LogP) is -3.69. The summed E-state index contributed by atoms with van der Waals surface area (Å²) in [7, 11) is 0. The summed E-state index contributed by atoms with van der Waals surface area (Å²) >= 11 is 0. The third-order valence-electron chi connectivity index (χ3n) is 25.2. The van der Waals surface area contributed by atoms with Gasteiger partial charge in [0.05, 0.1) is 50.2 Å². The zero-order chi connectivity index (χ0) is 69.3. The van der Waals surface area contributed by atoms with Gasteiger partial charge in [0.1, 0.15) is 128 Å². The molecule has 30 heteroatoms. The fourth-order valence-corrected chi connectivity index (χ4v) is 19.0. The number of aliphatic hydroxyl groups excluding tert-OH is 17. The lowest BCUT2D eigenvalue weighted by Crippen LogP contribution is -2.66. The van der Waals surface area contributed by atoms with E-state index in [0.717, 1.165) is 25.7 Å². The highest BCUT2D eigenvalue weighted by atomic mass is 16.8. The fraction of sp³-hybridized carbons (Fsp3) is 0.954. The fourth-order valence-electron chi connectivity index (χ4n) is 19.0. The SMILES string of the molecule is C[C@@H]1O[C@H](O[C@@H]2[C@@H](O[C@H]3CO[C@H](O[C@H]4CC[C@]5(C)[C@H](CC[C@]6(C)[C@H]5CC=C5[C@@H]7CC(C)(C)CC[C@@]7(C(=O)O[C@H]7O[C@@H](CO[C@H]8O[C@@H](CO)[C@H](O[C@H]9O[C@@H](C)[C@H](O)[C@@H](O)[C@@H]9O)[C@@H](O)[C@@H]8O)[C@H](O)[C@@H](O)[C@@H]7O)CC[C@]56C)C4(C)C)[C@@H](O)[C@@H]3O)O[C@@H](CO)[C@H](O)[C@H]2O)[C@@H](O)[C@H](O)[C@H]1O. The first kappa shape index (κ1) is 74.3. The van der Waals surface area contributed by atoms with Crippen LogP contribution in [0.1, 0.15) is 127 Å². The van der Waals surface area contributed by atoms with Gasteiger partial charge in [-0.2, -0.15) is 0 Å². The number of allylic oxidation sites excluding steroid dienone is 2. The van der Waals surface area contributed by atoms with Gasteiger partial charge < -0.3 is 144 Å². The van der Waals surface area contributed by atoms with E-state index in [1.807, 2.05) is 0 Å². The minimum absolute atomic E-state index is 0.121. The third-order valence-corrected chi connectivity index (χ3v) is 25.2. The number of hydrogen-bond acceptors (Lipinski definition) is 30. The van der Waals surface area contributed by atoms with Crippen molar-refractivity contribution < 1.29 is 148 Å². The van der Waals surface area contributed by atoms with Gasteiger partial charge in [0.15, 0.2) is 31.5 Å². The molecule has 6 saturated heterocycles. The van der Waals surface area contributed by atoms with E-state index in [1.165, 1.54) is 19.4 Å². The van der Waals surface area contributed by atoms with Crippen molar-refractivity contribution in [1.82, 2.24) is 0 Å². The topological polar surface area (TPSA) is 472 Å². The second kappa shape index (κ2) is 27.7. The van der Waals surface area contributed by atoms with E-state index < -0.39 is 221 Å². The Kier molecular flexibility index (Phi) is 21.7. The van der Waals surface area contributed by atoms with Gasteiger partial charge in [-0.05, 0) is 123 Å². The lowest BCUT2D eigenvalue weighted by molar-refractivity contribution is -0.382. The Morgan fingerprint density at radius 2 is 1.03 bits per heavy atom. The molecule has 0 unspecified atom stereocenters. The lowest BCUT2D eigenvalue weighted by Gasteiger charge is -2.71. The molecule has 17 N–H and O–H groups in total. The standard InChI is InChI=1S/C65H106O30/c1-25-36(68)41(73)47(79)55(86-25)93-51-30(22-67)89-53(50(82)45(51)77)84-23-31-39(71)43(75)49(81)57(90-31)95-59(83)65-18-16-60(3,4)20-28(65)27-10-11-34-62(7)14-13-35(61(5,6)33(62)12-15-64(34,9)63(27,8)17-19-65)92-54-46(78)40(72)32(24-85-54)91-58-52(44(76)38(70)29(21-66)88-58)94-56-48(80)42(74)37(69)26(2)87-56/h10,25-26,28-58,66-82H,11-24H2,1-9H3/t25-,26-,28-,29-,30-,31-,32-,33+,34-,35-,36-,37-,38-,39-,40+,41+,42+,43+,44+,45-,46-,47-,48-,49-,50-,51-,52-,53-,54+,55+,56+,57+,58+,62+,63+,64+,65+/m0/s1. The summed E-state index contributed by atoms with van der Waals surface area (Å²) in [4.78, 5) is 15.3. The van der Waals surface area contributed by atoms with Crippen molar-refractivity contribution in [2.75, 3.05) is 26.4 Å². The van der Waals surface area contributed by atoms with Crippen molar-refractivity contribution in [2.45, 2.75) is 311 Å². The van der Waals surface area contributed by atoms with Crippen LogP contribution in [0.4, 0.5) is 0 Å². The molecular weight excluding hydrogens is 1260 g/mol. The highest BCUT2D eigenvalue weighted by molar-refractivity contribution is 5.79. The maximum absolute atomic E-state index is 15.3. The number of carbonyl (C=O) groups excluding carboxylic acids is 1. The van der Waals surface area contributed by atoms with Crippen LogP contribution in [0, 0.1) is 50.2 Å². The summed E-state index contributed by atoms with van der Waals surface area (Å²) in [5.74, 6) is -0.588. The molecule has 5 aliphatic carbocycles. The van der Waals surface area contributed by atoms with Crippen LogP contribution in [0.2, 0.25) is 0 Å². The molecule has 11 rings (SSSR count). The second-order valence-corrected chi connectivity index (χ2v) is 31.4. The van der Waals surface area contributed by atoms with Gasteiger partial charge in [-0.3, -0.25) is 4.79 Å². The lowest BCUT2D eigenvalue weighted by atomic mass is 9.33. The van der Waals surface area contributed by atoms with Crippen molar-refractivity contribution >= 4 is 5.97 Å². The molecule has 4 saturated carbocycles. The van der Waals surface area contributed by atoms with Crippen molar-refractivity contribution in [1.29, 1.82) is 0 Å². The Bertz CT molecular complexity index is 2670. The van der Waals surface area contributed by atoms with Gasteiger partial charge in [-0.25, -0.2) is 0 Å². The van der Waals surface area contributed by atoms with Crippen LogP contribution < -0.4 is 0 Å². The molecule has 37 atom stereocenters. The Balaban J connectivity index is 0.741. The zero-order valence-corrected chi connectivity index (χ0v) is 55.4. The quantitative estimate of drug-likeness (QED) is 0.0426. The van der Waals surface area contributed by atoms with E-state index in [4.69, 9.17) is 56.8 Å². The van der Waals surface area contributed by atoms with Crippen LogP contribution in [-0.2, 0) is 61.6 Å². The molecular formula is C65H106O30. The maximum atomic E-state index is 15.3. The molecule has 0 radical (unpaired) electrons. The Morgan fingerprint density at radius 3 is 1.66 bits per heavy atom. The molecule has 30 nitrogen and oxygen atoms in total. The van der Waals surface area contributed by atoms with Gasteiger partial charge in [0, 0.05) is 0 Å². The summed E-state index contributed by atoms with van der Waals surface area (Å²) in [6, 6.07) is 0. The van der Waals surface area contributed by atoms with E-state index in [0.29, 0.717) is 38.5 Å².